The van der Waals surface area contributed by atoms with Crippen LogP contribution < -0.4 is 4.74 Å². The van der Waals surface area contributed by atoms with E-state index in [1.54, 1.807) is 12.1 Å². The van der Waals surface area contributed by atoms with E-state index in [0.717, 1.165) is 32.1 Å². The zero-order valence-corrected chi connectivity index (χ0v) is 17.8. The monoisotopic (exact) mass is 424 g/mol. The Morgan fingerprint density at radius 1 is 0.903 bits per heavy atom. The van der Waals surface area contributed by atoms with Crippen molar-refractivity contribution in [3.63, 3.8) is 0 Å². The Labute approximate surface area is 182 Å². The number of halogens is 3. The van der Waals surface area contributed by atoms with Crippen molar-refractivity contribution in [1.82, 2.24) is 0 Å². The van der Waals surface area contributed by atoms with Gasteiger partial charge in [-0.3, -0.25) is 0 Å². The fourth-order valence-corrected chi connectivity index (χ4v) is 5.26. The molecule has 0 N–H and O–H groups in total. The predicted molar refractivity (Wildman–Crippen MR) is 116 cm³/mol. The number of hydrogen-bond donors (Lipinski definition) is 0. The fraction of sp³-hybridized carbons (Fsp3) is 0.407. The van der Waals surface area contributed by atoms with Crippen molar-refractivity contribution in [2.75, 3.05) is 7.11 Å². The first-order chi connectivity index (χ1) is 15.0. The van der Waals surface area contributed by atoms with Gasteiger partial charge in [0, 0.05) is 6.07 Å². The molecule has 0 saturated heterocycles. The normalized spacial score (nSPS) is 25.2. The first-order valence-electron chi connectivity index (χ1n) is 11.0. The molecule has 31 heavy (non-hydrogen) atoms. The van der Waals surface area contributed by atoms with E-state index in [0.29, 0.717) is 29.1 Å². The number of fused-ring (bicyclic) bond motifs is 1. The lowest BCUT2D eigenvalue weighted by molar-refractivity contribution is 0.132. The Morgan fingerprint density at radius 2 is 1.61 bits per heavy atom. The molecular formula is C27H27F3O. The predicted octanol–water partition coefficient (Wildman–Crippen LogP) is 7.00. The van der Waals surface area contributed by atoms with E-state index in [2.05, 4.69) is 24.5 Å². The van der Waals surface area contributed by atoms with Gasteiger partial charge in [0.25, 0.3) is 0 Å². The molecule has 2 aromatic rings. The zero-order chi connectivity index (χ0) is 22.0. The summed E-state index contributed by atoms with van der Waals surface area (Å²) in [6.07, 6.45) is 8.36. The molecule has 0 aliphatic heterocycles. The van der Waals surface area contributed by atoms with Gasteiger partial charge in [0.15, 0.2) is 11.6 Å². The topological polar surface area (TPSA) is 9.23 Å². The van der Waals surface area contributed by atoms with Crippen LogP contribution in [0.2, 0.25) is 0 Å². The molecule has 2 aromatic carbocycles. The second-order valence-corrected chi connectivity index (χ2v) is 8.77. The maximum Gasteiger partial charge on any atom is 0.174 e. The van der Waals surface area contributed by atoms with Crippen LogP contribution in [0.25, 0.3) is 0 Å². The van der Waals surface area contributed by atoms with E-state index in [-0.39, 0.29) is 17.0 Å². The fourth-order valence-electron chi connectivity index (χ4n) is 5.26. The van der Waals surface area contributed by atoms with Crippen molar-refractivity contribution in [3.8, 4) is 17.6 Å². The molecule has 0 bridgehead atoms. The smallest absolute Gasteiger partial charge is 0.174 e. The summed E-state index contributed by atoms with van der Waals surface area (Å²) in [5.74, 6) is 5.11. The van der Waals surface area contributed by atoms with Crippen LogP contribution >= 0.6 is 0 Å². The van der Waals surface area contributed by atoms with Crippen molar-refractivity contribution in [1.29, 1.82) is 0 Å². The van der Waals surface area contributed by atoms with E-state index in [1.165, 1.54) is 31.7 Å². The number of hydrogen-bond acceptors (Lipinski definition) is 1. The minimum absolute atomic E-state index is 0.0390. The summed E-state index contributed by atoms with van der Waals surface area (Å²) in [6, 6.07) is 7.42. The Hall–Kier alpha value is -2.67. The molecule has 2 saturated carbocycles. The van der Waals surface area contributed by atoms with Gasteiger partial charge in [0.2, 0.25) is 0 Å². The average molecular weight is 425 g/mol. The maximum absolute atomic E-state index is 14.9. The second-order valence-electron chi connectivity index (χ2n) is 8.77. The molecule has 4 rings (SSSR count). The number of benzene rings is 2. The quantitative estimate of drug-likeness (QED) is 0.381. The summed E-state index contributed by atoms with van der Waals surface area (Å²) in [4.78, 5) is 0. The van der Waals surface area contributed by atoms with Crippen molar-refractivity contribution in [2.24, 2.45) is 17.8 Å². The van der Waals surface area contributed by atoms with Gasteiger partial charge < -0.3 is 4.74 Å². The molecule has 0 amide bonds. The highest BCUT2D eigenvalue weighted by Gasteiger charge is 2.36. The van der Waals surface area contributed by atoms with Crippen LogP contribution in [0.15, 0.2) is 43.0 Å². The number of allylic oxidation sites excluding steroid dienone is 1. The summed E-state index contributed by atoms with van der Waals surface area (Å²) in [5, 5.41) is 0. The van der Waals surface area contributed by atoms with Crippen molar-refractivity contribution >= 4 is 0 Å². The maximum atomic E-state index is 14.9. The Bertz CT molecular complexity index is 1030. The summed E-state index contributed by atoms with van der Waals surface area (Å²) in [6.45, 7) is 3.93. The van der Waals surface area contributed by atoms with Gasteiger partial charge in [0.05, 0.1) is 18.2 Å². The van der Waals surface area contributed by atoms with Gasteiger partial charge in [-0.25, -0.2) is 13.2 Å². The molecule has 4 unspecified atom stereocenters. The van der Waals surface area contributed by atoms with Gasteiger partial charge in [0.1, 0.15) is 11.6 Å². The molecule has 162 valence electrons. The van der Waals surface area contributed by atoms with Crippen LogP contribution in [0.5, 0.6) is 5.75 Å². The molecule has 0 heterocycles. The van der Waals surface area contributed by atoms with Crippen LogP contribution in [0, 0.1) is 47.0 Å². The first-order valence-corrected chi connectivity index (χ1v) is 11.0. The summed E-state index contributed by atoms with van der Waals surface area (Å²) in [7, 11) is 1.44. The van der Waals surface area contributed by atoms with Crippen LogP contribution in [-0.2, 0) is 0 Å². The summed E-state index contributed by atoms with van der Waals surface area (Å²) >= 11 is 0. The van der Waals surface area contributed by atoms with Crippen molar-refractivity contribution in [3.05, 3.63) is 77.1 Å². The molecule has 0 aromatic heterocycles. The Kier molecular flexibility index (Phi) is 6.41. The highest BCUT2D eigenvalue weighted by atomic mass is 19.2. The molecule has 0 spiro atoms. The van der Waals surface area contributed by atoms with E-state index in [9.17, 15) is 13.2 Å². The molecule has 0 radical (unpaired) electrons. The summed E-state index contributed by atoms with van der Waals surface area (Å²) < 4.78 is 48.7. The van der Waals surface area contributed by atoms with E-state index in [4.69, 9.17) is 4.74 Å². The summed E-state index contributed by atoms with van der Waals surface area (Å²) in [5.41, 5.74) is 0.498. The lowest BCUT2D eigenvalue weighted by Gasteiger charge is -2.41. The number of rotatable bonds is 3. The van der Waals surface area contributed by atoms with E-state index < -0.39 is 17.5 Å². The van der Waals surface area contributed by atoms with Gasteiger partial charge in [-0.15, -0.1) is 6.58 Å². The number of methoxy groups -OCH3 is 1. The van der Waals surface area contributed by atoms with Crippen LogP contribution in [0.1, 0.15) is 61.1 Å². The van der Waals surface area contributed by atoms with Gasteiger partial charge in [-0.1, -0.05) is 24.0 Å². The van der Waals surface area contributed by atoms with E-state index in [1.807, 2.05) is 0 Å². The lowest BCUT2D eigenvalue weighted by Crippen LogP contribution is -2.30. The standard InChI is InChI=1S/C27H27F3O/c1-3-17-4-5-21-15-22(9-8-20(21)14-17)24-13-11-19(26(29)27(24)30)7-6-18-10-12-23(31-2)16-25(18)28/h3,10-13,16-17,20-22H,1,4-5,8-9,14-15H2,2H3. The molecule has 4 atom stereocenters. The molecule has 4 heteroatoms. The minimum Gasteiger partial charge on any atom is -0.497 e. The van der Waals surface area contributed by atoms with Crippen molar-refractivity contribution < 1.29 is 17.9 Å². The Balaban J connectivity index is 1.52. The van der Waals surface area contributed by atoms with Crippen LogP contribution in [0.4, 0.5) is 13.2 Å². The highest BCUT2D eigenvalue weighted by Crippen LogP contribution is 2.48. The molecule has 1 nitrogen and oxygen atoms in total. The third-order valence-corrected chi connectivity index (χ3v) is 7.05. The van der Waals surface area contributed by atoms with Crippen molar-refractivity contribution in [2.45, 2.75) is 44.4 Å². The highest BCUT2D eigenvalue weighted by molar-refractivity contribution is 5.47. The first kappa shape index (κ1) is 21.6. The molecule has 2 aliphatic rings. The van der Waals surface area contributed by atoms with Gasteiger partial charge in [-0.2, -0.15) is 0 Å². The zero-order valence-electron chi connectivity index (χ0n) is 17.8. The average Bonchev–Trinajstić information content (AvgIpc) is 2.80. The number of ether oxygens (including phenoxy) is 1. The molecular weight excluding hydrogens is 397 g/mol. The van der Waals surface area contributed by atoms with Crippen LogP contribution in [0.3, 0.4) is 0 Å². The minimum atomic E-state index is -0.948. The largest absolute Gasteiger partial charge is 0.497 e. The Morgan fingerprint density at radius 3 is 2.35 bits per heavy atom. The third kappa shape index (κ3) is 4.51. The second kappa shape index (κ2) is 9.22. The van der Waals surface area contributed by atoms with Crippen LogP contribution in [-0.4, -0.2) is 7.11 Å². The molecule has 2 aliphatic carbocycles. The van der Waals surface area contributed by atoms with Gasteiger partial charge in [-0.05, 0) is 86.0 Å². The van der Waals surface area contributed by atoms with Gasteiger partial charge >= 0.3 is 0 Å². The lowest BCUT2D eigenvalue weighted by atomic mass is 9.64. The SMILES string of the molecule is C=CC1CCC2CC(c3ccc(C#Cc4ccc(OC)cc4F)c(F)c3F)CCC2C1. The third-order valence-electron chi connectivity index (χ3n) is 7.05. The van der Waals surface area contributed by atoms with E-state index >= 15 is 0 Å². The molecule has 2 fully saturated rings.